The van der Waals surface area contributed by atoms with E-state index in [9.17, 15) is 14.7 Å². The van der Waals surface area contributed by atoms with Crippen molar-refractivity contribution >= 4 is 11.8 Å². The molecule has 1 rings (SSSR count). The van der Waals surface area contributed by atoms with Crippen molar-refractivity contribution in [3.63, 3.8) is 0 Å². The molecule has 1 fully saturated rings. The second kappa shape index (κ2) is 8.16. The molecule has 1 aliphatic heterocycles. The molecule has 0 aromatic carbocycles. The molecule has 1 saturated heterocycles. The fraction of sp³-hybridized carbons (Fsp3) is 0.733. The third kappa shape index (κ3) is 5.72. The highest BCUT2D eigenvalue weighted by atomic mass is 16.5. The maximum absolute atomic E-state index is 12.1. The molecule has 1 aliphatic rings. The van der Waals surface area contributed by atoms with E-state index >= 15 is 0 Å². The van der Waals surface area contributed by atoms with Crippen molar-refractivity contribution < 1.29 is 24.2 Å². The van der Waals surface area contributed by atoms with E-state index < -0.39 is 23.5 Å². The second-order valence-corrected chi connectivity index (χ2v) is 6.43. The van der Waals surface area contributed by atoms with Crippen molar-refractivity contribution in [2.75, 3.05) is 20.8 Å². The third-order valence-electron chi connectivity index (χ3n) is 3.38. The van der Waals surface area contributed by atoms with E-state index in [0.29, 0.717) is 13.0 Å². The molecule has 8 heteroatoms. The average molecular weight is 329 g/mol. The van der Waals surface area contributed by atoms with E-state index in [0.717, 1.165) is 6.42 Å². The van der Waals surface area contributed by atoms with Crippen LogP contribution in [0.15, 0.2) is 11.6 Å². The monoisotopic (exact) mass is 329 g/mol. The number of carbonyl (C=O) groups is 2. The molecule has 0 aromatic rings. The number of amides is 2. The number of carbonyl (C=O) groups excluding carboxylic acids is 2. The molecule has 0 spiro atoms. The van der Waals surface area contributed by atoms with Gasteiger partial charge in [-0.25, -0.2) is 0 Å². The molecule has 8 nitrogen and oxygen atoms in total. The van der Waals surface area contributed by atoms with Gasteiger partial charge >= 0.3 is 0 Å². The predicted octanol–water partition coefficient (Wildman–Crippen LogP) is 0.363. The summed E-state index contributed by atoms with van der Waals surface area (Å²) in [5, 5.41) is 17.7. The first-order valence-corrected chi connectivity index (χ1v) is 7.56. The maximum Gasteiger partial charge on any atom is 0.279 e. The molecular formula is C15H27N3O5. The van der Waals surface area contributed by atoms with Crippen LogP contribution >= 0.6 is 0 Å². The van der Waals surface area contributed by atoms with Gasteiger partial charge in [0.25, 0.3) is 5.91 Å². The molecule has 23 heavy (non-hydrogen) atoms. The van der Waals surface area contributed by atoms with Gasteiger partial charge in [-0.1, -0.05) is 20.8 Å². The number of rotatable bonds is 6. The summed E-state index contributed by atoms with van der Waals surface area (Å²) >= 11 is 0. The van der Waals surface area contributed by atoms with E-state index in [1.807, 2.05) is 0 Å². The Morgan fingerprint density at radius 3 is 2.48 bits per heavy atom. The van der Waals surface area contributed by atoms with E-state index in [1.165, 1.54) is 7.05 Å². The quantitative estimate of drug-likeness (QED) is 0.411. The lowest BCUT2D eigenvalue weighted by Gasteiger charge is -2.19. The summed E-state index contributed by atoms with van der Waals surface area (Å²) in [6.07, 6.45) is 1.02. The van der Waals surface area contributed by atoms with Crippen LogP contribution in [0, 0.1) is 5.41 Å². The lowest BCUT2D eigenvalue weighted by molar-refractivity contribution is -0.134. The Kier molecular flexibility index (Phi) is 6.83. The standard InChI is InChI=1S/C15H27N3O5/c1-15(2,3)14(21)18-13(20)11(16-4)12(19)17-10-7-6-9(23-10)8-22-5/h9-10,16-17,19H,6-8H2,1-5H3,(H,18,20,21)/b12-11+/t9-,10+/m0/s1. The number of ether oxygens (including phenoxy) is 2. The van der Waals surface area contributed by atoms with E-state index in [4.69, 9.17) is 9.47 Å². The molecule has 132 valence electrons. The topological polar surface area (TPSA) is 109 Å². The Hall–Kier alpha value is -1.80. The van der Waals surface area contributed by atoms with Crippen molar-refractivity contribution in [2.24, 2.45) is 5.41 Å². The molecule has 4 N–H and O–H groups in total. The normalized spacial score (nSPS) is 22.3. The summed E-state index contributed by atoms with van der Waals surface area (Å²) in [7, 11) is 3.08. The first-order valence-electron chi connectivity index (χ1n) is 7.56. The van der Waals surface area contributed by atoms with E-state index in [-0.39, 0.29) is 17.7 Å². The first-order chi connectivity index (χ1) is 10.7. The minimum Gasteiger partial charge on any atom is -0.493 e. The van der Waals surface area contributed by atoms with Crippen molar-refractivity contribution in [1.29, 1.82) is 0 Å². The van der Waals surface area contributed by atoms with Crippen LogP contribution in [-0.2, 0) is 19.1 Å². The number of aliphatic hydroxyl groups is 1. The van der Waals surface area contributed by atoms with Gasteiger partial charge in [-0.2, -0.15) is 0 Å². The Bertz CT molecular complexity index is 470. The van der Waals surface area contributed by atoms with Gasteiger partial charge in [0.1, 0.15) is 6.23 Å². The van der Waals surface area contributed by atoms with Crippen LogP contribution < -0.4 is 16.0 Å². The molecule has 0 bridgehead atoms. The zero-order chi connectivity index (χ0) is 17.6. The number of nitrogens with one attached hydrogen (secondary N) is 3. The van der Waals surface area contributed by atoms with Crippen molar-refractivity contribution in [3.05, 3.63) is 11.6 Å². The van der Waals surface area contributed by atoms with Crippen molar-refractivity contribution in [3.8, 4) is 0 Å². The minimum absolute atomic E-state index is 0.0420. The van der Waals surface area contributed by atoms with Crippen LogP contribution in [-0.4, -0.2) is 50.0 Å². The van der Waals surface area contributed by atoms with Gasteiger partial charge in [0.05, 0.1) is 12.7 Å². The van der Waals surface area contributed by atoms with E-state index in [1.54, 1.807) is 27.9 Å². The maximum atomic E-state index is 12.1. The lowest BCUT2D eigenvalue weighted by Crippen LogP contribution is -2.43. The molecular weight excluding hydrogens is 302 g/mol. The summed E-state index contributed by atoms with van der Waals surface area (Å²) in [6, 6.07) is 0. The van der Waals surface area contributed by atoms with E-state index in [2.05, 4.69) is 16.0 Å². The van der Waals surface area contributed by atoms with Gasteiger partial charge in [-0.05, 0) is 12.8 Å². The summed E-state index contributed by atoms with van der Waals surface area (Å²) < 4.78 is 10.6. The number of methoxy groups -OCH3 is 1. The molecule has 2 amide bonds. The number of likely N-dealkylation sites (N-methyl/N-ethyl adjacent to an activating group) is 1. The Labute approximate surface area is 136 Å². The fourth-order valence-corrected chi connectivity index (χ4v) is 2.04. The minimum atomic E-state index is -0.709. The Morgan fingerprint density at radius 2 is 1.96 bits per heavy atom. The smallest absolute Gasteiger partial charge is 0.279 e. The number of hydrogen-bond acceptors (Lipinski definition) is 7. The lowest BCUT2D eigenvalue weighted by atomic mass is 9.96. The molecule has 0 aromatic heterocycles. The van der Waals surface area contributed by atoms with Gasteiger partial charge in [0.15, 0.2) is 5.70 Å². The molecule has 0 saturated carbocycles. The molecule has 0 aliphatic carbocycles. The summed E-state index contributed by atoms with van der Waals surface area (Å²) in [6.45, 7) is 5.55. The second-order valence-electron chi connectivity index (χ2n) is 6.43. The van der Waals surface area contributed by atoms with Gasteiger partial charge in [0.2, 0.25) is 11.8 Å². The molecule has 2 atom stereocenters. The van der Waals surface area contributed by atoms with Gasteiger partial charge in [0, 0.05) is 19.6 Å². The first kappa shape index (κ1) is 19.2. The molecule has 1 heterocycles. The van der Waals surface area contributed by atoms with Crippen LogP contribution in [0.5, 0.6) is 0 Å². The van der Waals surface area contributed by atoms with Crippen LogP contribution in [0.25, 0.3) is 0 Å². The highest BCUT2D eigenvalue weighted by Crippen LogP contribution is 2.19. The van der Waals surface area contributed by atoms with Crippen molar-refractivity contribution in [2.45, 2.75) is 45.9 Å². The molecule has 0 unspecified atom stereocenters. The molecule has 0 radical (unpaired) electrons. The third-order valence-corrected chi connectivity index (χ3v) is 3.38. The SMILES string of the molecule is CN/C(C(=O)NC(=O)C(C)(C)C)=C(/O)N[C@H]1CC[C@@H](COC)O1. The number of hydrogen-bond donors (Lipinski definition) is 4. The van der Waals surface area contributed by atoms with Crippen LogP contribution in [0.3, 0.4) is 0 Å². The summed E-state index contributed by atoms with van der Waals surface area (Å²) in [4.78, 5) is 24.0. The van der Waals surface area contributed by atoms with Crippen molar-refractivity contribution in [1.82, 2.24) is 16.0 Å². The fourth-order valence-electron chi connectivity index (χ4n) is 2.04. The van der Waals surface area contributed by atoms with Gasteiger partial charge < -0.3 is 25.2 Å². The largest absolute Gasteiger partial charge is 0.493 e. The Balaban J connectivity index is 2.68. The Morgan fingerprint density at radius 1 is 1.30 bits per heavy atom. The van der Waals surface area contributed by atoms with Crippen LogP contribution in [0.2, 0.25) is 0 Å². The van der Waals surface area contributed by atoms with Crippen LogP contribution in [0.4, 0.5) is 0 Å². The average Bonchev–Trinajstić information content (AvgIpc) is 2.86. The predicted molar refractivity (Wildman–Crippen MR) is 84.2 cm³/mol. The van der Waals surface area contributed by atoms with Gasteiger partial charge in [-0.15, -0.1) is 0 Å². The number of imide groups is 1. The van der Waals surface area contributed by atoms with Gasteiger partial charge in [-0.3, -0.25) is 14.9 Å². The summed E-state index contributed by atoms with van der Waals surface area (Å²) in [5.74, 6) is -1.50. The summed E-state index contributed by atoms with van der Waals surface area (Å²) in [5.41, 5.74) is -0.833. The zero-order valence-electron chi connectivity index (χ0n) is 14.4. The highest BCUT2D eigenvalue weighted by molar-refractivity contribution is 6.05. The highest BCUT2D eigenvalue weighted by Gasteiger charge is 2.28. The number of aliphatic hydroxyl groups excluding tert-OH is 1. The van der Waals surface area contributed by atoms with Crippen LogP contribution in [0.1, 0.15) is 33.6 Å². The zero-order valence-corrected chi connectivity index (χ0v) is 14.4.